The van der Waals surface area contributed by atoms with Gasteiger partial charge in [-0.1, -0.05) is 57.2 Å². The summed E-state index contributed by atoms with van der Waals surface area (Å²) in [4.78, 5) is 88.6. The second kappa shape index (κ2) is 22.6. The molecule has 4 aromatic rings. The third kappa shape index (κ3) is 10.2. The highest BCUT2D eigenvalue weighted by molar-refractivity contribution is 6.25. The summed E-state index contributed by atoms with van der Waals surface area (Å²) in [6.45, 7) is 7.92. The number of nitrogens with two attached hydrogens (primary N) is 2. The number of ketones is 4. The van der Waals surface area contributed by atoms with Gasteiger partial charge in [-0.3, -0.25) is 43.6 Å². The minimum atomic E-state index is -2.68. The molecule has 450 valence electrons. The van der Waals surface area contributed by atoms with Crippen molar-refractivity contribution < 1.29 is 69.6 Å². The van der Waals surface area contributed by atoms with Gasteiger partial charge < -0.3 is 67.9 Å². The lowest BCUT2D eigenvalue weighted by molar-refractivity contribution is -0.155. The van der Waals surface area contributed by atoms with Crippen molar-refractivity contribution in [3.05, 3.63) is 140 Å². The zero-order chi connectivity index (χ0) is 62.3. The van der Waals surface area contributed by atoms with Gasteiger partial charge in [0.15, 0.2) is 22.8 Å². The van der Waals surface area contributed by atoms with Crippen LogP contribution in [0, 0.1) is 29.1 Å². The number of rotatable bonds is 13. The number of aromatic hydroxyl groups is 2. The topological polar surface area (TPSA) is 363 Å². The number of benzene rings is 3. The molecule has 8 atom stereocenters. The first kappa shape index (κ1) is 61.3. The summed E-state index contributed by atoms with van der Waals surface area (Å²) in [5, 5.41) is 98.6. The molecular weight excluding hydrogens is 1090 g/mol. The number of fused-ring (bicyclic) bond motifs is 6. The van der Waals surface area contributed by atoms with Crippen LogP contribution in [0.3, 0.4) is 0 Å². The molecular formula is C63H74N8O14. The van der Waals surface area contributed by atoms with Crippen LogP contribution in [-0.4, -0.2) is 163 Å². The van der Waals surface area contributed by atoms with E-state index in [4.69, 9.17) is 11.5 Å². The van der Waals surface area contributed by atoms with Crippen LogP contribution >= 0.6 is 0 Å². The molecule has 2 saturated carbocycles. The maximum absolute atomic E-state index is 14.2. The maximum Gasteiger partial charge on any atom is 0.255 e. The molecule has 6 aliphatic carbocycles. The third-order valence-electron chi connectivity index (χ3n) is 17.5. The second-order valence-corrected chi connectivity index (χ2v) is 24.8. The molecule has 0 saturated heterocycles. The van der Waals surface area contributed by atoms with E-state index in [2.05, 4.69) is 36.4 Å². The highest BCUT2D eigenvalue weighted by Gasteiger charge is 2.66. The number of carbonyl (C=O) groups excluding carboxylic acids is 6. The molecule has 1 unspecified atom stereocenters. The number of Topliss-reactive ketones (excluding diaryl/α,β-unsaturated/α-hetero) is 4. The Morgan fingerprint density at radius 3 is 1.54 bits per heavy atom. The molecule has 22 heteroatoms. The van der Waals surface area contributed by atoms with Crippen LogP contribution in [-0.2, 0) is 61.2 Å². The lowest BCUT2D eigenvalue weighted by atomic mass is 9.57. The van der Waals surface area contributed by atoms with Crippen molar-refractivity contribution in [2.24, 2.45) is 40.6 Å². The minimum Gasteiger partial charge on any atom is -0.508 e. The first-order valence-corrected chi connectivity index (χ1v) is 28.0. The molecule has 2 amide bonds. The average Bonchev–Trinajstić information content (AvgIpc) is 1.09. The number of phenols is 2. The van der Waals surface area contributed by atoms with Gasteiger partial charge in [0.05, 0.1) is 28.9 Å². The number of amides is 2. The van der Waals surface area contributed by atoms with E-state index in [1.54, 1.807) is 40.5 Å². The Morgan fingerprint density at radius 2 is 1.09 bits per heavy atom. The Kier molecular flexibility index (Phi) is 16.3. The van der Waals surface area contributed by atoms with Crippen molar-refractivity contribution in [3.63, 3.8) is 0 Å². The standard InChI is InChI=1S/C32H38N4O7.C31H36N4O7/c1-31(2,3)14-34-13-16-11-17(20-8-6-7-9-35-20)18-10-15-12-19-24(36(4)5)27(39)23(30(33)42)29(41)32(19,43)28(40)21(15)26(38)22(18)25(16)37;1-34(2)20-12-17(14-33-13-15-8-6-5-7-9-15)25(36)22-18(20)10-16-11-19-24(35(3)4)27(38)23(30(32)41)29(40)31(19,42)28(39)21(16)26(22)37/h6-9,11,15,19,24,34,37-38,41,43H,10,12-14H2,1-5H3,(H2,33,42);5-9,12,16,19,24,33,36-37,40,42H,10-11,13-14H2,1-4H3,(H2,32,41)/t15-,19-,24+,32?;16-,19-,24-,31-/m00/s1. The van der Waals surface area contributed by atoms with Crippen molar-refractivity contribution >= 4 is 52.2 Å². The van der Waals surface area contributed by atoms with E-state index in [-0.39, 0.29) is 78.0 Å². The van der Waals surface area contributed by atoms with E-state index in [1.165, 1.54) is 9.80 Å². The molecule has 0 aliphatic heterocycles. The van der Waals surface area contributed by atoms with Crippen LogP contribution in [0.25, 0.3) is 22.8 Å². The maximum atomic E-state index is 14.2. The lowest BCUT2D eigenvalue weighted by Gasteiger charge is -2.50. The number of aliphatic hydroxyl groups excluding tert-OH is 4. The fourth-order valence-electron chi connectivity index (χ4n) is 13.6. The molecule has 2 fully saturated rings. The number of aromatic nitrogens is 1. The van der Waals surface area contributed by atoms with Crippen LogP contribution in [0.1, 0.15) is 72.6 Å². The van der Waals surface area contributed by atoms with E-state index < -0.39 is 116 Å². The molecule has 1 aromatic heterocycles. The van der Waals surface area contributed by atoms with Gasteiger partial charge in [0.25, 0.3) is 11.8 Å². The molecule has 3 aromatic carbocycles. The van der Waals surface area contributed by atoms with Crippen molar-refractivity contribution in [3.8, 4) is 22.8 Å². The van der Waals surface area contributed by atoms with Gasteiger partial charge in [-0.15, -0.1) is 0 Å². The molecule has 85 heavy (non-hydrogen) atoms. The van der Waals surface area contributed by atoms with Gasteiger partial charge in [0, 0.05) is 91.8 Å². The number of nitrogens with one attached hydrogen (secondary N) is 2. The van der Waals surface area contributed by atoms with E-state index in [0.717, 1.165) is 11.3 Å². The van der Waals surface area contributed by atoms with Crippen LogP contribution in [0.15, 0.2) is 101 Å². The summed E-state index contributed by atoms with van der Waals surface area (Å²) in [6.07, 6.45) is 2.11. The molecule has 22 nitrogen and oxygen atoms in total. The zero-order valence-corrected chi connectivity index (χ0v) is 48.9. The normalized spacial score (nSPS) is 25.4. The van der Waals surface area contributed by atoms with Gasteiger partial charge in [-0.25, -0.2) is 0 Å². The smallest absolute Gasteiger partial charge is 0.255 e. The molecule has 0 bridgehead atoms. The molecule has 0 spiro atoms. The molecule has 6 aliphatic rings. The van der Waals surface area contributed by atoms with Crippen molar-refractivity contribution in [2.75, 3.05) is 53.7 Å². The Morgan fingerprint density at radius 1 is 0.635 bits per heavy atom. The summed E-state index contributed by atoms with van der Waals surface area (Å²) >= 11 is 0. The Labute approximate surface area is 491 Å². The van der Waals surface area contributed by atoms with E-state index in [9.17, 15) is 69.6 Å². The highest BCUT2D eigenvalue weighted by atomic mass is 16.4. The lowest BCUT2D eigenvalue weighted by Crippen LogP contribution is -2.65. The summed E-state index contributed by atoms with van der Waals surface area (Å²) in [5.41, 5.74) is 8.75. The number of pyridine rings is 1. The summed E-state index contributed by atoms with van der Waals surface area (Å²) in [5.74, 6) is -13.4. The number of nitrogens with zero attached hydrogens (tertiary/aromatic N) is 4. The van der Waals surface area contributed by atoms with Crippen LogP contribution < -0.4 is 27.0 Å². The van der Waals surface area contributed by atoms with Gasteiger partial charge >= 0.3 is 0 Å². The first-order valence-electron chi connectivity index (χ1n) is 28.0. The Bertz CT molecular complexity index is 3600. The van der Waals surface area contributed by atoms with E-state index >= 15 is 0 Å². The van der Waals surface area contributed by atoms with Crippen LogP contribution in [0.5, 0.6) is 11.5 Å². The van der Waals surface area contributed by atoms with E-state index in [1.807, 2.05) is 73.6 Å². The first-order chi connectivity index (χ1) is 39.9. The van der Waals surface area contributed by atoms with Crippen molar-refractivity contribution in [2.45, 2.75) is 89.4 Å². The minimum absolute atomic E-state index is 0.0169. The molecule has 14 N–H and O–H groups in total. The quantitative estimate of drug-likeness (QED) is 0.0853. The van der Waals surface area contributed by atoms with Gasteiger partial charge in [0.1, 0.15) is 45.7 Å². The number of hydrogen-bond acceptors (Lipinski definition) is 20. The monoisotopic (exact) mass is 1170 g/mol. The molecule has 0 radical (unpaired) electrons. The number of hydrogen-bond donors (Lipinski definition) is 12. The largest absolute Gasteiger partial charge is 0.508 e. The summed E-state index contributed by atoms with van der Waals surface area (Å²) in [6, 6.07) is 16.6. The third-order valence-corrected chi connectivity index (χ3v) is 17.5. The fourth-order valence-corrected chi connectivity index (χ4v) is 13.6. The molecule has 1 heterocycles. The van der Waals surface area contributed by atoms with Crippen LogP contribution in [0.4, 0.5) is 5.69 Å². The van der Waals surface area contributed by atoms with Gasteiger partial charge in [0.2, 0.25) is 11.6 Å². The Hall–Kier alpha value is -8.25. The van der Waals surface area contributed by atoms with Crippen molar-refractivity contribution in [1.82, 2.24) is 25.4 Å². The number of phenolic OH excluding ortho intramolecular Hbond substituents is 2. The average molecular weight is 1170 g/mol. The molecule has 10 rings (SSSR count). The number of likely N-dealkylation sites (N-methyl/N-ethyl adjacent to an activating group) is 2. The Balaban J connectivity index is 0.000000204. The van der Waals surface area contributed by atoms with Gasteiger partial charge in [-0.05, 0) is 112 Å². The number of anilines is 1. The predicted molar refractivity (Wildman–Crippen MR) is 314 cm³/mol. The fraction of sp³-hybridized carbons (Fsp3) is 0.413. The van der Waals surface area contributed by atoms with Gasteiger partial charge in [-0.2, -0.15) is 0 Å². The SMILES string of the molecule is CN(C)[C@H]1C(=O)C(C(N)=O)=C(O)C2(O)C(=O)C3=C(O)c4c(O)c(CNCC(C)(C)C)cc(-c5ccccn5)c4C[C@H]3C[C@@H]12.CN(C)c1cc(CNCc2ccccc2)c(O)c2c1C[C@H]1C[C@H]3[C@H](N(C)C)C(=O)C(C(N)=O)=C(O)[C@@]3(O)C(=O)C1=C2O. The predicted octanol–water partition coefficient (Wildman–Crippen LogP) is 3.48. The summed E-state index contributed by atoms with van der Waals surface area (Å²) in [7, 11) is 9.96. The highest BCUT2D eigenvalue weighted by Crippen LogP contribution is 2.56. The van der Waals surface area contributed by atoms with E-state index in [0.29, 0.717) is 46.6 Å². The van der Waals surface area contributed by atoms with Crippen molar-refractivity contribution in [1.29, 1.82) is 0 Å². The summed E-state index contributed by atoms with van der Waals surface area (Å²) < 4.78 is 0. The second-order valence-electron chi connectivity index (χ2n) is 24.8. The zero-order valence-electron chi connectivity index (χ0n) is 48.9. The number of primary amides is 2. The van der Waals surface area contributed by atoms with Crippen LogP contribution in [0.2, 0.25) is 0 Å². The number of aliphatic hydroxyl groups is 6. The number of carbonyl (C=O) groups is 6.